The predicted molar refractivity (Wildman–Crippen MR) is 37.3 cm³/mol. The monoisotopic (exact) mass is 133 g/mol. The summed E-state index contributed by atoms with van der Waals surface area (Å²) >= 11 is 0. The number of aldehydes is 1. The van der Waals surface area contributed by atoms with Crippen molar-refractivity contribution in [3.05, 3.63) is 0 Å². The summed E-state index contributed by atoms with van der Waals surface area (Å²) in [6.45, 7) is 1.87. The van der Waals surface area contributed by atoms with Crippen molar-refractivity contribution < 1.29 is 9.53 Å². The molecule has 0 radical (unpaired) electrons. The molecule has 0 saturated carbocycles. The Morgan fingerprint density at radius 1 is 1.67 bits per heavy atom. The molecule has 0 saturated heterocycles. The third kappa shape index (κ3) is 18.4. The highest BCUT2D eigenvalue weighted by Crippen LogP contribution is 1.75. The molecule has 0 rings (SSSR count). The van der Waals surface area contributed by atoms with Crippen LogP contribution >= 0.6 is 0 Å². The van der Waals surface area contributed by atoms with E-state index in [9.17, 15) is 4.79 Å². The average molecular weight is 133 g/mol. The number of hydrogen-bond donors (Lipinski definition) is 1. The maximum absolute atomic E-state index is 9.61. The fourth-order valence-electron chi connectivity index (χ4n) is 0.0962. The Morgan fingerprint density at radius 2 is 2.00 bits per heavy atom. The molecular weight excluding hydrogens is 118 g/mol. The minimum atomic E-state index is -0.245. The predicted octanol–water partition coefficient (Wildman–Crippen LogP) is 0.185. The molecule has 0 amide bonds. The second-order valence-corrected chi connectivity index (χ2v) is 1.62. The van der Waals surface area contributed by atoms with Gasteiger partial charge in [-0.05, 0) is 6.42 Å². The molecule has 0 aliphatic carbocycles. The van der Waals surface area contributed by atoms with Crippen molar-refractivity contribution in [2.75, 3.05) is 14.2 Å². The Morgan fingerprint density at radius 3 is 2.00 bits per heavy atom. The molecule has 0 spiro atoms. The number of carbonyl (C=O) groups excluding carboxylic acids is 1. The van der Waals surface area contributed by atoms with E-state index in [1.54, 1.807) is 14.2 Å². The number of hydrogen-bond acceptors (Lipinski definition) is 3. The van der Waals surface area contributed by atoms with Gasteiger partial charge in [-0.15, -0.1) is 0 Å². The SMILES string of the molecule is CCC(N)C=O.COC. The van der Waals surface area contributed by atoms with Gasteiger partial charge >= 0.3 is 0 Å². The number of ether oxygens (including phenoxy) is 1. The molecule has 0 fully saturated rings. The molecule has 1 atom stereocenters. The molecule has 0 aromatic heterocycles. The van der Waals surface area contributed by atoms with Gasteiger partial charge in [0.25, 0.3) is 0 Å². The molecule has 2 N–H and O–H groups in total. The van der Waals surface area contributed by atoms with Crippen molar-refractivity contribution in [2.24, 2.45) is 5.73 Å². The van der Waals surface area contributed by atoms with Gasteiger partial charge in [-0.1, -0.05) is 6.92 Å². The van der Waals surface area contributed by atoms with E-state index in [-0.39, 0.29) is 6.04 Å². The summed E-state index contributed by atoms with van der Waals surface area (Å²) in [6, 6.07) is -0.245. The van der Waals surface area contributed by atoms with Crippen LogP contribution < -0.4 is 5.73 Å². The molecule has 0 aliphatic rings. The summed E-state index contributed by atoms with van der Waals surface area (Å²) in [5, 5.41) is 0. The maximum atomic E-state index is 9.61. The molecule has 0 aliphatic heterocycles. The fraction of sp³-hybridized carbons (Fsp3) is 0.833. The van der Waals surface area contributed by atoms with Crippen molar-refractivity contribution in [1.82, 2.24) is 0 Å². The molecule has 3 nitrogen and oxygen atoms in total. The highest BCUT2D eigenvalue weighted by molar-refractivity contribution is 5.56. The molecule has 0 bridgehead atoms. The lowest BCUT2D eigenvalue weighted by Gasteiger charge is -1.90. The third-order valence-electron chi connectivity index (χ3n) is 0.646. The van der Waals surface area contributed by atoms with Crippen LogP contribution in [0.4, 0.5) is 0 Å². The van der Waals surface area contributed by atoms with E-state index in [1.165, 1.54) is 0 Å². The van der Waals surface area contributed by atoms with Crippen molar-refractivity contribution in [3.8, 4) is 0 Å². The topological polar surface area (TPSA) is 52.3 Å². The van der Waals surface area contributed by atoms with Crippen LogP contribution in [0.5, 0.6) is 0 Å². The third-order valence-corrected chi connectivity index (χ3v) is 0.646. The minimum Gasteiger partial charge on any atom is -0.388 e. The van der Waals surface area contributed by atoms with Crippen LogP contribution in [0.2, 0.25) is 0 Å². The molecule has 0 aromatic carbocycles. The highest BCUT2D eigenvalue weighted by atomic mass is 16.4. The zero-order valence-electron chi connectivity index (χ0n) is 6.26. The first-order valence-corrected chi connectivity index (χ1v) is 2.83. The number of nitrogens with two attached hydrogens (primary N) is 1. The van der Waals surface area contributed by atoms with E-state index in [1.807, 2.05) is 6.92 Å². The molecule has 1 unspecified atom stereocenters. The average Bonchev–Trinajstić information content (AvgIpc) is 1.88. The van der Waals surface area contributed by atoms with Gasteiger partial charge in [0.2, 0.25) is 0 Å². The van der Waals surface area contributed by atoms with Crippen LogP contribution in [0.15, 0.2) is 0 Å². The molecule has 9 heavy (non-hydrogen) atoms. The summed E-state index contributed by atoms with van der Waals surface area (Å²) in [5.41, 5.74) is 5.10. The molecular formula is C6H15NO2. The Hall–Kier alpha value is -0.410. The van der Waals surface area contributed by atoms with Crippen molar-refractivity contribution in [1.29, 1.82) is 0 Å². The molecule has 56 valence electrons. The van der Waals surface area contributed by atoms with Gasteiger partial charge in [-0.3, -0.25) is 0 Å². The van der Waals surface area contributed by atoms with Gasteiger partial charge in [0.1, 0.15) is 6.29 Å². The molecule has 0 heterocycles. The smallest absolute Gasteiger partial charge is 0.136 e. The van der Waals surface area contributed by atoms with Crippen molar-refractivity contribution in [3.63, 3.8) is 0 Å². The van der Waals surface area contributed by atoms with E-state index in [2.05, 4.69) is 4.74 Å². The first kappa shape index (κ1) is 11.4. The van der Waals surface area contributed by atoms with Crippen LogP contribution in [0.25, 0.3) is 0 Å². The number of rotatable bonds is 2. The minimum absolute atomic E-state index is 0.245. The van der Waals surface area contributed by atoms with Crippen LogP contribution in [0.3, 0.4) is 0 Å². The highest BCUT2D eigenvalue weighted by Gasteiger charge is 1.89. The Kier molecular flexibility index (Phi) is 13.4. The molecule has 0 aromatic rings. The van der Waals surface area contributed by atoms with E-state index in [0.717, 1.165) is 12.7 Å². The van der Waals surface area contributed by atoms with Gasteiger partial charge in [0.15, 0.2) is 0 Å². The van der Waals surface area contributed by atoms with E-state index in [0.29, 0.717) is 0 Å². The summed E-state index contributed by atoms with van der Waals surface area (Å²) in [6.07, 6.45) is 1.49. The fourth-order valence-corrected chi connectivity index (χ4v) is 0.0962. The second kappa shape index (κ2) is 10.5. The van der Waals surface area contributed by atoms with Gasteiger partial charge in [0, 0.05) is 14.2 Å². The van der Waals surface area contributed by atoms with Gasteiger partial charge in [0.05, 0.1) is 6.04 Å². The van der Waals surface area contributed by atoms with Gasteiger partial charge < -0.3 is 15.3 Å². The van der Waals surface area contributed by atoms with E-state index >= 15 is 0 Å². The normalized spacial score (nSPS) is 11.1. The first-order valence-electron chi connectivity index (χ1n) is 2.83. The van der Waals surface area contributed by atoms with Crippen LogP contribution in [-0.4, -0.2) is 26.5 Å². The zero-order chi connectivity index (χ0) is 7.70. The first-order chi connectivity index (χ1) is 4.22. The second-order valence-electron chi connectivity index (χ2n) is 1.62. The largest absolute Gasteiger partial charge is 0.388 e. The quantitative estimate of drug-likeness (QED) is 0.547. The van der Waals surface area contributed by atoms with Crippen LogP contribution in [0, 0.1) is 0 Å². The Balaban J connectivity index is 0. The standard InChI is InChI=1S/C4H9NO.C2H6O/c1-2-4(5)3-6;1-3-2/h3-4H,2,5H2,1H3;1-2H3. The van der Waals surface area contributed by atoms with E-state index < -0.39 is 0 Å². The van der Waals surface area contributed by atoms with Gasteiger partial charge in [-0.2, -0.15) is 0 Å². The van der Waals surface area contributed by atoms with E-state index in [4.69, 9.17) is 5.73 Å². The lowest BCUT2D eigenvalue weighted by Crippen LogP contribution is -2.19. The lowest BCUT2D eigenvalue weighted by atomic mass is 10.3. The number of carbonyl (C=O) groups is 1. The number of methoxy groups -OCH3 is 1. The van der Waals surface area contributed by atoms with Crippen molar-refractivity contribution >= 4 is 6.29 Å². The summed E-state index contributed by atoms with van der Waals surface area (Å²) in [7, 11) is 3.25. The Labute approximate surface area is 56.2 Å². The summed E-state index contributed by atoms with van der Waals surface area (Å²) < 4.78 is 4.25. The maximum Gasteiger partial charge on any atom is 0.136 e. The van der Waals surface area contributed by atoms with Gasteiger partial charge in [-0.25, -0.2) is 0 Å². The lowest BCUT2D eigenvalue weighted by molar-refractivity contribution is -0.108. The molecule has 3 heteroatoms. The van der Waals surface area contributed by atoms with Crippen LogP contribution in [0.1, 0.15) is 13.3 Å². The zero-order valence-corrected chi connectivity index (χ0v) is 6.26. The summed E-state index contributed by atoms with van der Waals surface area (Å²) in [5.74, 6) is 0. The van der Waals surface area contributed by atoms with Crippen LogP contribution in [-0.2, 0) is 9.53 Å². The van der Waals surface area contributed by atoms with Crippen molar-refractivity contribution in [2.45, 2.75) is 19.4 Å². The Bertz CT molecular complexity index is 57.0. The summed E-state index contributed by atoms with van der Waals surface area (Å²) in [4.78, 5) is 9.61.